The number of hydrogen-bond donors (Lipinski definition) is 1. The first-order valence-corrected chi connectivity index (χ1v) is 10.1. The minimum atomic E-state index is 0.756. The first-order chi connectivity index (χ1) is 11.3. The number of hydrogen-bond acceptors (Lipinski definition) is 4. The highest BCUT2D eigenvalue weighted by molar-refractivity contribution is 8.00. The largest absolute Gasteiger partial charge is 0.383 e. The van der Waals surface area contributed by atoms with Crippen LogP contribution in [-0.2, 0) is 4.74 Å². The molecule has 2 rings (SSSR count). The lowest BCUT2D eigenvalue weighted by atomic mass is 9.97. The van der Waals surface area contributed by atoms with Gasteiger partial charge in [0.2, 0.25) is 0 Å². The third-order valence-electron chi connectivity index (χ3n) is 4.97. The van der Waals surface area contributed by atoms with E-state index in [1.807, 2.05) is 7.05 Å². The molecular weight excluding hydrogens is 308 g/mol. The molecule has 2 fully saturated rings. The van der Waals surface area contributed by atoms with Gasteiger partial charge in [0.25, 0.3) is 0 Å². The zero-order valence-corrected chi connectivity index (χ0v) is 15.9. The lowest BCUT2D eigenvalue weighted by Gasteiger charge is -2.36. The van der Waals surface area contributed by atoms with E-state index in [1.54, 1.807) is 7.11 Å². The summed E-state index contributed by atoms with van der Waals surface area (Å²) in [5.74, 6) is 3.09. The van der Waals surface area contributed by atoms with Crippen molar-refractivity contribution in [2.45, 2.75) is 31.4 Å². The third kappa shape index (κ3) is 6.16. The van der Waals surface area contributed by atoms with Crippen LogP contribution in [0.1, 0.15) is 26.2 Å². The number of rotatable bonds is 6. The van der Waals surface area contributed by atoms with E-state index in [1.165, 1.54) is 38.1 Å². The SMILES string of the molecule is CCC1CN(C(=NC)NCC2CCN(CCOC)CC2)CCS1. The zero-order valence-electron chi connectivity index (χ0n) is 15.1. The molecule has 0 aromatic heterocycles. The Hall–Kier alpha value is -0.460. The Morgan fingerprint density at radius 3 is 2.74 bits per heavy atom. The average molecular weight is 343 g/mol. The number of nitrogens with zero attached hydrogens (tertiary/aromatic N) is 3. The summed E-state index contributed by atoms with van der Waals surface area (Å²) in [5.41, 5.74) is 0. The quantitative estimate of drug-likeness (QED) is 0.588. The van der Waals surface area contributed by atoms with Gasteiger partial charge in [-0.3, -0.25) is 4.99 Å². The van der Waals surface area contributed by atoms with Crippen molar-refractivity contribution in [1.82, 2.24) is 15.1 Å². The molecule has 0 radical (unpaired) electrons. The van der Waals surface area contributed by atoms with E-state index in [-0.39, 0.29) is 0 Å². The van der Waals surface area contributed by atoms with Crippen LogP contribution in [0.3, 0.4) is 0 Å². The normalized spacial score (nSPS) is 24.9. The molecule has 134 valence electrons. The van der Waals surface area contributed by atoms with Crippen molar-refractivity contribution in [3.63, 3.8) is 0 Å². The highest BCUT2D eigenvalue weighted by Crippen LogP contribution is 2.21. The van der Waals surface area contributed by atoms with Gasteiger partial charge in [-0.2, -0.15) is 11.8 Å². The van der Waals surface area contributed by atoms with Crippen LogP contribution >= 0.6 is 11.8 Å². The molecular formula is C17H34N4OS. The molecule has 0 bridgehead atoms. The van der Waals surface area contributed by atoms with Gasteiger partial charge in [-0.25, -0.2) is 0 Å². The van der Waals surface area contributed by atoms with E-state index in [9.17, 15) is 0 Å². The molecule has 6 heteroatoms. The van der Waals surface area contributed by atoms with Crippen molar-refractivity contribution < 1.29 is 4.74 Å². The van der Waals surface area contributed by atoms with E-state index in [2.05, 4.69) is 38.8 Å². The van der Waals surface area contributed by atoms with E-state index in [4.69, 9.17) is 4.74 Å². The summed E-state index contributed by atoms with van der Waals surface area (Å²) >= 11 is 2.11. The molecule has 0 saturated carbocycles. The second-order valence-corrected chi connectivity index (χ2v) is 7.96. The highest BCUT2D eigenvalue weighted by atomic mass is 32.2. The van der Waals surface area contributed by atoms with Gasteiger partial charge in [-0.1, -0.05) is 6.92 Å². The molecule has 2 saturated heterocycles. The van der Waals surface area contributed by atoms with E-state index in [0.29, 0.717) is 0 Å². The summed E-state index contributed by atoms with van der Waals surface area (Å²) in [4.78, 5) is 9.47. The Morgan fingerprint density at radius 1 is 1.30 bits per heavy atom. The Morgan fingerprint density at radius 2 is 2.09 bits per heavy atom. The van der Waals surface area contributed by atoms with Crippen LogP contribution in [0.25, 0.3) is 0 Å². The van der Waals surface area contributed by atoms with Crippen LogP contribution in [0, 0.1) is 5.92 Å². The van der Waals surface area contributed by atoms with Gasteiger partial charge in [0, 0.05) is 51.3 Å². The van der Waals surface area contributed by atoms with Crippen molar-refractivity contribution in [2.75, 3.05) is 65.8 Å². The number of methoxy groups -OCH3 is 1. The van der Waals surface area contributed by atoms with Crippen molar-refractivity contribution >= 4 is 17.7 Å². The molecule has 0 aromatic rings. The minimum Gasteiger partial charge on any atom is -0.383 e. The van der Waals surface area contributed by atoms with Gasteiger partial charge >= 0.3 is 0 Å². The molecule has 0 aromatic carbocycles. The smallest absolute Gasteiger partial charge is 0.193 e. The fourth-order valence-electron chi connectivity index (χ4n) is 3.36. The topological polar surface area (TPSA) is 40.1 Å². The summed E-state index contributed by atoms with van der Waals surface area (Å²) in [6.07, 6.45) is 3.81. The monoisotopic (exact) mass is 342 g/mol. The van der Waals surface area contributed by atoms with Crippen LogP contribution in [0.4, 0.5) is 0 Å². The molecule has 1 atom stereocenters. The van der Waals surface area contributed by atoms with Gasteiger partial charge in [0.15, 0.2) is 5.96 Å². The van der Waals surface area contributed by atoms with Gasteiger partial charge in [0.05, 0.1) is 6.61 Å². The number of ether oxygens (including phenoxy) is 1. The lowest BCUT2D eigenvalue weighted by Crippen LogP contribution is -2.49. The number of aliphatic imine (C=N–C) groups is 1. The summed E-state index contributed by atoms with van der Waals surface area (Å²) in [7, 11) is 3.70. The molecule has 0 aliphatic carbocycles. The molecule has 2 aliphatic heterocycles. The minimum absolute atomic E-state index is 0.756. The molecule has 1 unspecified atom stereocenters. The standard InChI is InChI=1S/C17H34N4OS/c1-4-16-14-21(10-12-23-16)17(18-2)19-13-15-5-7-20(8-6-15)9-11-22-3/h15-16H,4-14H2,1-3H3,(H,18,19). The average Bonchev–Trinajstić information content (AvgIpc) is 2.61. The number of likely N-dealkylation sites (tertiary alicyclic amines) is 1. The van der Waals surface area contributed by atoms with Gasteiger partial charge in [-0.15, -0.1) is 0 Å². The molecule has 0 amide bonds. The van der Waals surface area contributed by atoms with E-state index in [0.717, 1.165) is 49.9 Å². The molecule has 5 nitrogen and oxygen atoms in total. The number of nitrogens with one attached hydrogen (secondary N) is 1. The van der Waals surface area contributed by atoms with Crippen molar-refractivity contribution in [3.8, 4) is 0 Å². The van der Waals surface area contributed by atoms with Crippen LogP contribution < -0.4 is 5.32 Å². The lowest BCUT2D eigenvalue weighted by molar-refractivity contribution is 0.120. The van der Waals surface area contributed by atoms with Crippen LogP contribution in [0.15, 0.2) is 4.99 Å². The molecule has 0 spiro atoms. The highest BCUT2D eigenvalue weighted by Gasteiger charge is 2.23. The number of piperidine rings is 1. The van der Waals surface area contributed by atoms with Gasteiger partial charge in [0.1, 0.15) is 0 Å². The predicted octanol–water partition coefficient (Wildman–Crippen LogP) is 1.75. The molecule has 2 aliphatic rings. The van der Waals surface area contributed by atoms with Gasteiger partial charge in [-0.05, 0) is 38.3 Å². The van der Waals surface area contributed by atoms with Crippen LogP contribution in [-0.4, -0.2) is 86.8 Å². The zero-order chi connectivity index (χ0) is 16.5. The Kier molecular flexibility index (Phi) is 8.55. The van der Waals surface area contributed by atoms with Crippen molar-refractivity contribution in [2.24, 2.45) is 10.9 Å². The first-order valence-electron chi connectivity index (χ1n) is 9.05. The van der Waals surface area contributed by atoms with Crippen molar-refractivity contribution in [1.29, 1.82) is 0 Å². The first kappa shape index (κ1) is 18.9. The van der Waals surface area contributed by atoms with Crippen molar-refractivity contribution in [3.05, 3.63) is 0 Å². The number of guanidine groups is 1. The fraction of sp³-hybridized carbons (Fsp3) is 0.941. The van der Waals surface area contributed by atoms with E-state index < -0.39 is 0 Å². The van der Waals surface area contributed by atoms with Crippen LogP contribution in [0.2, 0.25) is 0 Å². The van der Waals surface area contributed by atoms with Gasteiger partial charge < -0.3 is 19.9 Å². The van der Waals surface area contributed by atoms with Crippen LogP contribution in [0.5, 0.6) is 0 Å². The number of thioether (sulfide) groups is 1. The maximum atomic E-state index is 5.17. The predicted molar refractivity (Wildman–Crippen MR) is 101 cm³/mol. The second-order valence-electron chi connectivity index (χ2n) is 6.55. The fourth-order valence-corrected chi connectivity index (χ4v) is 4.54. The molecule has 2 heterocycles. The molecule has 1 N–H and O–H groups in total. The third-order valence-corrected chi connectivity index (χ3v) is 6.35. The van der Waals surface area contributed by atoms with E-state index >= 15 is 0 Å². The summed E-state index contributed by atoms with van der Waals surface area (Å²) < 4.78 is 5.17. The summed E-state index contributed by atoms with van der Waals surface area (Å²) in [5, 5.41) is 4.39. The Bertz CT molecular complexity index is 359. The Balaban J connectivity index is 1.70. The maximum Gasteiger partial charge on any atom is 0.193 e. The Labute approximate surface area is 146 Å². The summed E-state index contributed by atoms with van der Waals surface area (Å²) in [6.45, 7) is 9.93. The maximum absolute atomic E-state index is 5.17. The molecule has 23 heavy (non-hydrogen) atoms. The second kappa shape index (κ2) is 10.4. The summed E-state index contributed by atoms with van der Waals surface area (Å²) in [6, 6.07) is 0.